The van der Waals surface area contributed by atoms with Crippen molar-refractivity contribution < 1.29 is 19.1 Å². The zero-order valence-electron chi connectivity index (χ0n) is 17.3. The minimum Gasteiger partial charge on any atom is -0.493 e. The molecule has 3 aromatic carbocycles. The van der Waals surface area contributed by atoms with Gasteiger partial charge in [0.25, 0.3) is 5.91 Å². The molecular weight excluding hydrogens is 492 g/mol. The number of nitrogens with one attached hydrogen (secondary N) is 1. The van der Waals surface area contributed by atoms with Crippen LogP contribution < -0.4 is 14.8 Å². The standard InChI is InChI=1S/C24H19BrN2O4S/c1-14(28)26-24-27-23(29)21(32-24)12-15-10-19(25)22(20(11-15)30-2)31-13-17-8-5-7-16-6-3-4-9-18(16)17/h3-12H,13H2,1-2H3,(H,26,27,28,29)/b21-12-. The van der Waals surface area contributed by atoms with Crippen molar-refractivity contribution in [1.29, 1.82) is 0 Å². The van der Waals surface area contributed by atoms with Crippen LogP contribution in [-0.4, -0.2) is 24.1 Å². The lowest BCUT2D eigenvalue weighted by atomic mass is 10.1. The van der Waals surface area contributed by atoms with Gasteiger partial charge in [-0.25, -0.2) is 0 Å². The van der Waals surface area contributed by atoms with E-state index < -0.39 is 5.91 Å². The highest BCUT2D eigenvalue weighted by Gasteiger charge is 2.23. The summed E-state index contributed by atoms with van der Waals surface area (Å²) in [7, 11) is 1.57. The summed E-state index contributed by atoms with van der Waals surface area (Å²) in [6, 6.07) is 17.9. The highest BCUT2D eigenvalue weighted by atomic mass is 79.9. The normalized spacial score (nSPS) is 14.5. The van der Waals surface area contributed by atoms with Gasteiger partial charge in [0.15, 0.2) is 16.7 Å². The van der Waals surface area contributed by atoms with E-state index in [1.54, 1.807) is 19.3 Å². The van der Waals surface area contributed by atoms with E-state index in [2.05, 4.69) is 44.4 Å². The lowest BCUT2D eigenvalue weighted by Crippen LogP contribution is -2.23. The zero-order valence-corrected chi connectivity index (χ0v) is 19.7. The number of ether oxygens (including phenoxy) is 2. The molecule has 0 saturated carbocycles. The van der Waals surface area contributed by atoms with E-state index in [0.29, 0.717) is 27.5 Å². The number of benzene rings is 3. The molecule has 0 fully saturated rings. The first-order chi connectivity index (χ1) is 15.4. The molecule has 1 heterocycles. The predicted octanol–water partition coefficient (Wildman–Crippen LogP) is 5.30. The molecule has 1 aliphatic rings. The number of halogens is 1. The van der Waals surface area contributed by atoms with E-state index in [-0.39, 0.29) is 11.1 Å². The fourth-order valence-corrected chi connectivity index (χ4v) is 4.73. The Labute approximate surface area is 197 Å². The molecule has 0 spiro atoms. The predicted molar refractivity (Wildman–Crippen MR) is 131 cm³/mol. The summed E-state index contributed by atoms with van der Waals surface area (Å²) in [5, 5.41) is 5.10. The molecule has 0 aliphatic carbocycles. The Morgan fingerprint density at radius 2 is 1.97 bits per heavy atom. The van der Waals surface area contributed by atoms with Crippen molar-refractivity contribution in [2.24, 2.45) is 4.99 Å². The fraction of sp³-hybridized carbons (Fsp3) is 0.125. The summed E-state index contributed by atoms with van der Waals surface area (Å²) in [5.41, 5.74) is 1.81. The molecule has 0 radical (unpaired) electrons. The van der Waals surface area contributed by atoms with Crippen LogP contribution in [0.1, 0.15) is 18.1 Å². The monoisotopic (exact) mass is 510 g/mol. The average molecular weight is 511 g/mol. The van der Waals surface area contributed by atoms with E-state index >= 15 is 0 Å². The first-order valence-electron chi connectivity index (χ1n) is 9.71. The molecule has 0 unspecified atom stereocenters. The molecular formula is C24H19BrN2O4S. The van der Waals surface area contributed by atoms with Gasteiger partial charge in [0.1, 0.15) is 6.61 Å². The summed E-state index contributed by atoms with van der Waals surface area (Å²) < 4.78 is 12.4. The number of amidine groups is 1. The number of fused-ring (bicyclic) bond motifs is 1. The number of hydrogen-bond donors (Lipinski definition) is 1. The molecule has 0 aromatic heterocycles. The number of carbonyl (C=O) groups excluding carboxylic acids is 2. The maximum Gasteiger partial charge on any atom is 0.286 e. The number of nitrogens with zero attached hydrogens (tertiary/aromatic N) is 1. The molecule has 2 amide bonds. The van der Waals surface area contributed by atoms with Crippen molar-refractivity contribution in [3.63, 3.8) is 0 Å². The Morgan fingerprint density at radius 1 is 1.19 bits per heavy atom. The lowest BCUT2D eigenvalue weighted by Gasteiger charge is -2.15. The van der Waals surface area contributed by atoms with Crippen LogP contribution in [0.2, 0.25) is 0 Å². The Hall–Kier alpha value is -3.10. The van der Waals surface area contributed by atoms with Gasteiger partial charge >= 0.3 is 0 Å². The fourth-order valence-electron chi connectivity index (χ4n) is 3.30. The molecule has 1 aliphatic heterocycles. The van der Waals surface area contributed by atoms with Crippen molar-refractivity contribution in [2.75, 3.05) is 7.11 Å². The minimum absolute atomic E-state index is 0.273. The second-order valence-electron chi connectivity index (χ2n) is 6.98. The summed E-state index contributed by atoms with van der Waals surface area (Å²) >= 11 is 4.68. The number of thioether (sulfide) groups is 1. The smallest absolute Gasteiger partial charge is 0.286 e. The highest BCUT2D eigenvalue weighted by Crippen LogP contribution is 2.39. The lowest BCUT2D eigenvalue weighted by molar-refractivity contribution is -0.117. The minimum atomic E-state index is -0.398. The SMILES string of the molecule is COc1cc(/C=C2\SC(NC(C)=O)=NC2=O)cc(Br)c1OCc1cccc2ccccc12. The topological polar surface area (TPSA) is 77.0 Å². The average Bonchev–Trinajstić information content (AvgIpc) is 3.10. The highest BCUT2D eigenvalue weighted by molar-refractivity contribution is 9.10. The molecule has 1 N–H and O–H groups in total. The van der Waals surface area contributed by atoms with Gasteiger partial charge in [-0.2, -0.15) is 4.99 Å². The molecule has 162 valence electrons. The summed E-state index contributed by atoms with van der Waals surface area (Å²) in [4.78, 5) is 27.6. The van der Waals surface area contributed by atoms with E-state index in [1.807, 2.05) is 30.3 Å². The van der Waals surface area contributed by atoms with Crippen LogP contribution in [0.15, 0.2) is 69.0 Å². The molecule has 32 heavy (non-hydrogen) atoms. The molecule has 4 rings (SSSR count). The number of aliphatic imine (C=N–C) groups is 1. The summed E-state index contributed by atoms with van der Waals surface area (Å²) in [5.74, 6) is 0.431. The number of hydrogen-bond acceptors (Lipinski definition) is 5. The number of carbonyl (C=O) groups is 2. The number of rotatable bonds is 5. The second-order valence-corrected chi connectivity index (χ2v) is 8.86. The third-order valence-corrected chi connectivity index (χ3v) is 6.19. The van der Waals surface area contributed by atoms with Gasteiger partial charge in [-0.15, -0.1) is 0 Å². The first kappa shape index (κ1) is 22.1. The van der Waals surface area contributed by atoms with Crippen molar-refractivity contribution in [1.82, 2.24) is 5.32 Å². The Morgan fingerprint density at radius 3 is 2.75 bits per heavy atom. The van der Waals surface area contributed by atoms with Crippen LogP contribution in [0.4, 0.5) is 0 Å². The number of methoxy groups -OCH3 is 1. The quantitative estimate of drug-likeness (QED) is 0.471. The van der Waals surface area contributed by atoms with Gasteiger partial charge in [-0.1, -0.05) is 42.5 Å². The van der Waals surface area contributed by atoms with Crippen LogP contribution >= 0.6 is 27.7 Å². The Balaban J connectivity index is 1.56. The van der Waals surface area contributed by atoms with Crippen molar-refractivity contribution in [3.05, 3.63) is 75.1 Å². The molecule has 6 nitrogen and oxygen atoms in total. The largest absolute Gasteiger partial charge is 0.493 e. The van der Waals surface area contributed by atoms with Crippen LogP contribution in [0.5, 0.6) is 11.5 Å². The maximum absolute atomic E-state index is 12.1. The van der Waals surface area contributed by atoms with Gasteiger partial charge in [0, 0.05) is 6.92 Å². The summed E-state index contributed by atoms with van der Waals surface area (Å²) in [6.45, 7) is 1.74. The van der Waals surface area contributed by atoms with Gasteiger partial charge in [-0.3, -0.25) is 9.59 Å². The van der Waals surface area contributed by atoms with Gasteiger partial charge in [-0.05, 0) is 67.8 Å². The zero-order chi connectivity index (χ0) is 22.7. The maximum atomic E-state index is 12.1. The van der Waals surface area contributed by atoms with Gasteiger partial charge in [0.2, 0.25) is 5.91 Å². The summed E-state index contributed by atoms with van der Waals surface area (Å²) in [6.07, 6.45) is 1.70. The second kappa shape index (κ2) is 9.58. The Bertz CT molecular complexity index is 1280. The van der Waals surface area contributed by atoms with E-state index in [0.717, 1.165) is 33.7 Å². The van der Waals surface area contributed by atoms with E-state index in [9.17, 15) is 9.59 Å². The van der Waals surface area contributed by atoms with Crippen LogP contribution in [0.3, 0.4) is 0 Å². The van der Waals surface area contributed by atoms with E-state index in [1.165, 1.54) is 6.92 Å². The molecule has 3 aromatic rings. The third-order valence-electron chi connectivity index (χ3n) is 4.70. The van der Waals surface area contributed by atoms with Crippen LogP contribution in [-0.2, 0) is 16.2 Å². The van der Waals surface area contributed by atoms with Crippen LogP contribution in [0, 0.1) is 0 Å². The van der Waals surface area contributed by atoms with Crippen molar-refractivity contribution >= 4 is 61.5 Å². The van der Waals surface area contributed by atoms with Gasteiger partial charge < -0.3 is 14.8 Å². The molecule has 0 saturated heterocycles. The molecule has 8 heteroatoms. The Kier molecular flexibility index (Phi) is 6.62. The molecule has 0 atom stereocenters. The third kappa shape index (κ3) is 4.87. The van der Waals surface area contributed by atoms with Crippen molar-refractivity contribution in [3.8, 4) is 11.5 Å². The number of amides is 2. The van der Waals surface area contributed by atoms with Gasteiger partial charge in [0.05, 0.1) is 16.5 Å². The van der Waals surface area contributed by atoms with Crippen LogP contribution in [0.25, 0.3) is 16.8 Å². The van der Waals surface area contributed by atoms with Crippen molar-refractivity contribution in [2.45, 2.75) is 13.5 Å². The van der Waals surface area contributed by atoms with E-state index in [4.69, 9.17) is 9.47 Å². The molecule has 0 bridgehead atoms. The first-order valence-corrected chi connectivity index (χ1v) is 11.3.